The molecule has 2 aliphatic rings. The molecular formula is C23H25N3O2S2. The number of benzene rings is 1. The summed E-state index contributed by atoms with van der Waals surface area (Å²) >= 11 is 3.04. The Morgan fingerprint density at radius 1 is 1.10 bits per heavy atom. The van der Waals surface area contributed by atoms with E-state index in [-0.39, 0.29) is 11.5 Å². The van der Waals surface area contributed by atoms with Gasteiger partial charge in [-0.05, 0) is 63.1 Å². The molecule has 5 nitrogen and oxygen atoms in total. The van der Waals surface area contributed by atoms with E-state index in [2.05, 4.69) is 0 Å². The molecule has 1 aliphatic heterocycles. The molecule has 1 aliphatic carbocycles. The molecule has 1 fully saturated rings. The Bertz CT molecular complexity index is 1160. The molecule has 0 N–H and O–H groups in total. The van der Waals surface area contributed by atoms with Crippen molar-refractivity contribution in [2.45, 2.75) is 50.6 Å². The summed E-state index contributed by atoms with van der Waals surface area (Å²) in [6, 6.07) is 7.96. The van der Waals surface area contributed by atoms with Crippen LogP contribution in [0, 0.1) is 6.92 Å². The summed E-state index contributed by atoms with van der Waals surface area (Å²) in [6.07, 6.45) is 6.46. The van der Waals surface area contributed by atoms with Crippen LogP contribution in [0.1, 0.15) is 41.7 Å². The Morgan fingerprint density at radius 2 is 1.83 bits per heavy atom. The maximum Gasteiger partial charge on any atom is 0.267 e. The zero-order valence-corrected chi connectivity index (χ0v) is 18.8. The molecule has 5 rings (SSSR count). The minimum Gasteiger partial charge on any atom is -0.342 e. The molecule has 2 aromatic heterocycles. The quantitative estimate of drug-likeness (QED) is 0.448. The normalized spacial score (nSPS) is 16.2. The predicted molar refractivity (Wildman–Crippen MR) is 123 cm³/mol. The van der Waals surface area contributed by atoms with E-state index in [0.717, 1.165) is 66.7 Å². The number of aryl methyl sites for hydroxylation is 3. The first kappa shape index (κ1) is 19.8. The Kier molecular flexibility index (Phi) is 5.41. The van der Waals surface area contributed by atoms with Gasteiger partial charge in [-0.15, -0.1) is 11.3 Å². The van der Waals surface area contributed by atoms with Crippen LogP contribution in [-0.4, -0.2) is 39.2 Å². The number of thioether (sulfide) groups is 1. The summed E-state index contributed by atoms with van der Waals surface area (Å²) in [7, 11) is 0. The average Bonchev–Trinajstić information content (AvgIpc) is 3.41. The van der Waals surface area contributed by atoms with Crippen molar-refractivity contribution in [1.29, 1.82) is 0 Å². The van der Waals surface area contributed by atoms with Gasteiger partial charge in [0.15, 0.2) is 5.16 Å². The van der Waals surface area contributed by atoms with Crippen molar-refractivity contribution in [3.05, 3.63) is 50.6 Å². The van der Waals surface area contributed by atoms with Crippen molar-refractivity contribution in [3.8, 4) is 5.69 Å². The highest BCUT2D eigenvalue weighted by atomic mass is 32.2. The van der Waals surface area contributed by atoms with Crippen LogP contribution in [0.5, 0.6) is 0 Å². The number of amides is 1. The molecule has 30 heavy (non-hydrogen) atoms. The van der Waals surface area contributed by atoms with E-state index in [1.165, 1.54) is 28.6 Å². The fraction of sp³-hybridized carbons (Fsp3) is 0.435. The van der Waals surface area contributed by atoms with Crippen LogP contribution in [0.4, 0.5) is 0 Å². The number of aromatic nitrogens is 2. The van der Waals surface area contributed by atoms with E-state index >= 15 is 0 Å². The van der Waals surface area contributed by atoms with Gasteiger partial charge >= 0.3 is 0 Å². The molecule has 0 unspecified atom stereocenters. The Labute approximate surface area is 184 Å². The smallest absolute Gasteiger partial charge is 0.267 e. The number of fused-ring (bicyclic) bond motifs is 3. The number of thiophene rings is 1. The zero-order chi connectivity index (χ0) is 20.7. The van der Waals surface area contributed by atoms with Crippen LogP contribution in [-0.2, 0) is 17.6 Å². The number of carbonyl (C=O) groups is 1. The van der Waals surface area contributed by atoms with Gasteiger partial charge in [-0.1, -0.05) is 29.5 Å². The molecule has 7 heteroatoms. The van der Waals surface area contributed by atoms with Crippen molar-refractivity contribution in [1.82, 2.24) is 14.5 Å². The molecule has 1 aromatic carbocycles. The van der Waals surface area contributed by atoms with Crippen LogP contribution >= 0.6 is 23.1 Å². The lowest BCUT2D eigenvalue weighted by atomic mass is 9.97. The molecule has 3 aromatic rings. The van der Waals surface area contributed by atoms with Crippen LogP contribution in [0.15, 0.2) is 34.2 Å². The van der Waals surface area contributed by atoms with Crippen molar-refractivity contribution in [2.24, 2.45) is 0 Å². The predicted octanol–water partition coefficient (Wildman–Crippen LogP) is 4.35. The fourth-order valence-electron chi connectivity index (χ4n) is 4.39. The fourth-order valence-corrected chi connectivity index (χ4v) is 6.61. The number of nitrogens with zero attached hydrogens (tertiary/aromatic N) is 3. The molecular weight excluding hydrogens is 414 g/mol. The van der Waals surface area contributed by atoms with Gasteiger partial charge in [0.2, 0.25) is 5.91 Å². The van der Waals surface area contributed by atoms with Crippen molar-refractivity contribution < 1.29 is 4.79 Å². The van der Waals surface area contributed by atoms with Gasteiger partial charge < -0.3 is 4.90 Å². The van der Waals surface area contributed by atoms with E-state index in [4.69, 9.17) is 4.98 Å². The number of hydrogen-bond donors (Lipinski definition) is 0. The molecule has 0 saturated carbocycles. The van der Waals surface area contributed by atoms with E-state index in [1.54, 1.807) is 15.9 Å². The van der Waals surface area contributed by atoms with Crippen molar-refractivity contribution >= 4 is 39.2 Å². The second kappa shape index (κ2) is 8.19. The summed E-state index contributed by atoms with van der Waals surface area (Å²) < 4.78 is 1.71. The largest absolute Gasteiger partial charge is 0.342 e. The Hall–Kier alpha value is -2.12. The summed E-state index contributed by atoms with van der Waals surface area (Å²) in [5.74, 6) is 0.447. The maximum absolute atomic E-state index is 13.7. The lowest BCUT2D eigenvalue weighted by Crippen LogP contribution is -2.29. The molecule has 1 amide bonds. The molecule has 3 heterocycles. The van der Waals surface area contributed by atoms with Crippen molar-refractivity contribution in [2.75, 3.05) is 18.8 Å². The van der Waals surface area contributed by atoms with E-state index in [9.17, 15) is 9.59 Å². The van der Waals surface area contributed by atoms with Gasteiger partial charge in [0.25, 0.3) is 5.56 Å². The average molecular weight is 440 g/mol. The highest BCUT2D eigenvalue weighted by Crippen LogP contribution is 2.35. The molecule has 1 saturated heterocycles. The van der Waals surface area contributed by atoms with Crippen LogP contribution in [0.25, 0.3) is 15.9 Å². The van der Waals surface area contributed by atoms with Gasteiger partial charge in [-0.25, -0.2) is 4.98 Å². The Balaban J connectivity index is 1.60. The first-order valence-corrected chi connectivity index (χ1v) is 12.5. The standard InChI is InChI=1S/C23H25N3O2S2/c1-15-8-10-16(11-9-15)26-22(28)20-17-6-2-3-7-18(17)30-21(20)24-23(26)29-14-19(27)25-12-4-5-13-25/h8-11H,2-7,12-14H2,1H3. The molecule has 0 bridgehead atoms. The van der Waals surface area contributed by atoms with Gasteiger partial charge in [0, 0.05) is 18.0 Å². The van der Waals surface area contributed by atoms with Gasteiger partial charge in [-0.3, -0.25) is 14.2 Å². The monoisotopic (exact) mass is 439 g/mol. The van der Waals surface area contributed by atoms with Gasteiger partial charge in [0.1, 0.15) is 4.83 Å². The second-order valence-corrected chi connectivity index (χ2v) is 10.2. The van der Waals surface area contributed by atoms with Crippen molar-refractivity contribution in [3.63, 3.8) is 0 Å². The summed E-state index contributed by atoms with van der Waals surface area (Å²) in [5.41, 5.74) is 3.16. The molecule has 156 valence electrons. The SMILES string of the molecule is Cc1ccc(-n2c(SCC(=O)N3CCCC3)nc3sc4c(c3c2=O)CCCC4)cc1. The van der Waals surface area contributed by atoms with Crippen LogP contribution in [0.2, 0.25) is 0 Å². The van der Waals surface area contributed by atoms with E-state index in [1.807, 2.05) is 36.1 Å². The lowest BCUT2D eigenvalue weighted by molar-refractivity contribution is -0.127. The van der Waals surface area contributed by atoms with Crippen LogP contribution < -0.4 is 5.56 Å². The zero-order valence-electron chi connectivity index (χ0n) is 17.1. The number of hydrogen-bond acceptors (Lipinski definition) is 5. The first-order chi connectivity index (χ1) is 14.6. The first-order valence-electron chi connectivity index (χ1n) is 10.7. The van der Waals surface area contributed by atoms with Gasteiger partial charge in [0.05, 0.1) is 16.8 Å². The molecule has 0 radical (unpaired) electrons. The highest BCUT2D eigenvalue weighted by molar-refractivity contribution is 7.99. The maximum atomic E-state index is 13.7. The van der Waals surface area contributed by atoms with E-state index in [0.29, 0.717) is 10.9 Å². The van der Waals surface area contributed by atoms with E-state index < -0.39 is 0 Å². The minimum absolute atomic E-state index is 0.000579. The topological polar surface area (TPSA) is 55.2 Å². The molecule has 0 spiro atoms. The number of carbonyl (C=O) groups excluding carboxylic acids is 1. The van der Waals surface area contributed by atoms with Gasteiger partial charge in [-0.2, -0.15) is 0 Å². The third-order valence-electron chi connectivity index (χ3n) is 6.03. The highest BCUT2D eigenvalue weighted by Gasteiger charge is 2.24. The lowest BCUT2D eigenvalue weighted by Gasteiger charge is -2.16. The summed E-state index contributed by atoms with van der Waals surface area (Å²) in [6.45, 7) is 3.72. The summed E-state index contributed by atoms with van der Waals surface area (Å²) in [4.78, 5) is 35.3. The summed E-state index contributed by atoms with van der Waals surface area (Å²) in [5, 5.41) is 1.40. The minimum atomic E-state index is -0.000579. The number of rotatable bonds is 4. The molecule has 0 atom stereocenters. The third kappa shape index (κ3) is 3.58. The van der Waals surface area contributed by atoms with Crippen LogP contribution in [0.3, 0.4) is 0 Å². The third-order valence-corrected chi connectivity index (χ3v) is 8.14. The second-order valence-electron chi connectivity index (χ2n) is 8.14. The number of likely N-dealkylation sites (tertiary alicyclic amines) is 1. The Morgan fingerprint density at radius 3 is 2.60 bits per heavy atom.